The van der Waals surface area contributed by atoms with Crippen molar-refractivity contribution in [2.24, 2.45) is 5.92 Å². The maximum atomic E-state index is 11.9. The fourth-order valence-corrected chi connectivity index (χ4v) is 3.30. The number of rotatable bonds is 4. The number of benzene rings is 1. The molecule has 1 aliphatic rings. The second kappa shape index (κ2) is 9.15. The lowest BCUT2D eigenvalue weighted by atomic mass is 9.97. The summed E-state index contributed by atoms with van der Waals surface area (Å²) in [7, 11) is 0. The van der Waals surface area contributed by atoms with Crippen LogP contribution in [0.2, 0.25) is 0 Å². The van der Waals surface area contributed by atoms with E-state index in [4.69, 9.17) is 4.74 Å². The van der Waals surface area contributed by atoms with Crippen LogP contribution in [0.25, 0.3) is 0 Å². The SMILES string of the molecule is CCOC(=O)C1CCN(c2ncnc(C#Cc3cccc(C)c3)c2[N+](=O)[O-])CC1. The van der Waals surface area contributed by atoms with Crippen LogP contribution in [0.15, 0.2) is 30.6 Å². The van der Waals surface area contributed by atoms with Crippen molar-refractivity contribution >= 4 is 17.5 Å². The minimum atomic E-state index is -0.493. The molecular weight excluding hydrogens is 372 g/mol. The van der Waals surface area contributed by atoms with E-state index in [0.717, 1.165) is 11.1 Å². The molecule has 0 N–H and O–H groups in total. The van der Waals surface area contributed by atoms with Crippen LogP contribution in [0.1, 0.15) is 36.6 Å². The second-order valence-electron chi connectivity index (χ2n) is 6.78. The van der Waals surface area contributed by atoms with Gasteiger partial charge in [0.25, 0.3) is 0 Å². The molecule has 29 heavy (non-hydrogen) atoms. The molecule has 3 rings (SSSR count). The predicted octanol–water partition coefficient (Wildman–Crippen LogP) is 2.87. The molecule has 1 aromatic carbocycles. The third-order valence-corrected chi connectivity index (χ3v) is 4.74. The third kappa shape index (κ3) is 4.88. The molecule has 2 heterocycles. The number of aromatic nitrogens is 2. The first-order chi connectivity index (χ1) is 14.0. The summed E-state index contributed by atoms with van der Waals surface area (Å²) in [6, 6.07) is 7.58. The molecular formula is C21H22N4O4. The average molecular weight is 394 g/mol. The van der Waals surface area contributed by atoms with E-state index in [1.807, 2.05) is 36.1 Å². The van der Waals surface area contributed by atoms with Crippen molar-refractivity contribution < 1.29 is 14.5 Å². The maximum absolute atomic E-state index is 11.9. The van der Waals surface area contributed by atoms with Gasteiger partial charge < -0.3 is 9.64 Å². The maximum Gasteiger partial charge on any atom is 0.345 e. The van der Waals surface area contributed by atoms with Gasteiger partial charge in [0.15, 0.2) is 5.69 Å². The minimum absolute atomic E-state index is 0.0778. The van der Waals surface area contributed by atoms with E-state index in [2.05, 4.69) is 21.8 Å². The van der Waals surface area contributed by atoms with Gasteiger partial charge in [0, 0.05) is 18.7 Å². The van der Waals surface area contributed by atoms with E-state index in [0.29, 0.717) is 32.5 Å². The second-order valence-corrected chi connectivity index (χ2v) is 6.78. The summed E-state index contributed by atoms with van der Waals surface area (Å²) in [5.74, 6) is 5.59. The molecule has 0 bridgehead atoms. The molecule has 0 saturated carbocycles. The summed E-state index contributed by atoms with van der Waals surface area (Å²) >= 11 is 0. The Hall–Kier alpha value is -3.47. The number of hydrogen-bond acceptors (Lipinski definition) is 7. The van der Waals surface area contributed by atoms with E-state index in [9.17, 15) is 14.9 Å². The predicted molar refractivity (Wildman–Crippen MR) is 107 cm³/mol. The van der Waals surface area contributed by atoms with Crippen LogP contribution in [-0.2, 0) is 9.53 Å². The molecule has 8 nitrogen and oxygen atoms in total. The summed E-state index contributed by atoms with van der Waals surface area (Å²) in [4.78, 5) is 33.2. The highest BCUT2D eigenvalue weighted by Crippen LogP contribution is 2.31. The van der Waals surface area contributed by atoms with Crippen LogP contribution in [0, 0.1) is 34.8 Å². The lowest BCUT2D eigenvalue weighted by Crippen LogP contribution is -2.37. The molecule has 1 aromatic heterocycles. The zero-order chi connectivity index (χ0) is 20.8. The van der Waals surface area contributed by atoms with Crippen molar-refractivity contribution in [1.29, 1.82) is 0 Å². The number of piperidine rings is 1. The van der Waals surface area contributed by atoms with Crippen LogP contribution >= 0.6 is 0 Å². The van der Waals surface area contributed by atoms with Gasteiger partial charge in [-0.15, -0.1) is 0 Å². The number of nitro groups is 1. The van der Waals surface area contributed by atoms with Crippen molar-refractivity contribution in [2.45, 2.75) is 26.7 Å². The Bertz CT molecular complexity index is 972. The molecule has 0 radical (unpaired) electrons. The number of nitrogens with zero attached hydrogens (tertiary/aromatic N) is 4. The summed E-state index contributed by atoms with van der Waals surface area (Å²) in [6.07, 6.45) is 2.41. The van der Waals surface area contributed by atoms with Gasteiger partial charge in [-0.3, -0.25) is 14.9 Å². The van der Waals surface area contributed by atoms with E-state index < -0.39 is 4.92 Å². The number of carbonyl (C=O) groups excluding carboxylic acids is 1. The van der Waals surface area contributed by atoms with Gasteiger partial charge in [0.1, 0.15) is 6.33 Å². The van der Waals surface area contributed by atoms with Gasteiger partial charge in [0.05, 0.1) is 17.4 Å². The quantitative estimate of drug-likeness (QED) is 0.340. The van der Waals surface area contributed by atoms with Crippen molar-refractivity contribution in [1.82, 2.24) is 9.97 Å². The Morgan fingerprint density at radius 2 is 2.07 bits per heavy atom. The van der Waals surface area contributed by atoms with Crippen molar-refractivity contribution in [3.63, 3.8) is 0 Å². The number of carbonyl (C=O) groups is 1. The van der Waals surface area contributed by atoms with Crippen LogP contribution < -0.4 is 4.90 Å². The fraction of sp³-hybridized carbons (Fsp3) is 0.381. The molecule has 8 heteroatoms. The zero-order valence-electron chi connectivity index (χ0n) is 16.4. The molecule has 0 atom stereocenters. The summed E-state index contributed by atoms with van der Waals surface area (Å²) in [6.45, 7) is 5.03. The van der Waals surface area contributed by atoms with Gasteiger partial charge in [-0.05, 0) is 50.3 Å². The van der Waals surface area contributed by atoms with Gasteiger partial charge in [-0.2, -0.15) is 0 Å². The largest absolute Gasteiger partial charge is 0.466 e. The van der Waals surface area contributed by atoms with E-state index >= 15 is 0 Å². The molecule has 1 fully saturated rings. The summed E-state index contributed by atoms with van der Waals surface area (Å²) in [5, 5.41) is 11.8. The van der Waals surface area contributed by atoms with Crippen LogP contribution in [-0.4, -0.2) is 40.6 Å². The van der Waals surface area contributed by atoms with Gasteiger partial charge in [-0.25, -0.2) is 9.97 Å². The summed E-state index contributed by atoms with van der Waals surface area (Å²) < 4.78 is 5.08. The number of anilines is 1. The average Bonchev–Trinajstić information content (AvgIpc) is 2.72. The molecule has 0 spiro atoms. The topological polar surface area (TPSA) is 98.5 Å². The molecule has 150 valence electrons. The number of aryl methyl sites for hydroxylation is 1. The van der Waals surface area contributed by atoms with Gasteiger partial charge in [0.2, 0.25) is 5.82 Å². The molecule has 2 aromatic rings. The highest BCUT2D eigenvalue weighted by Gasteiger charge is 2.31. The van der Waals surface area contributed by atoms with Gasteiger partial charge >= 0.3 is 11.7 Å². The fourth-order valence-electron chi connectivity index (χ4n) is 3.30. The standard InChI is InChI=1S/C21H22N4O4/c1-3-29-21(26)17-9-11-24(12-10-17)20-19(25(27)28)18(22-14-23-20)8-7-16-6-4-5-15(2)13-16/h4-6,13-14,17H,3,9-12H2,1-2H3. The Morgan fingerprint density at radius 3 is 2.72 bits per heavy atom. The highest BCUT2D eigenvalue weighted by atomic mass is 16.6. The van der Waals surface area contributed by atoms with E-state index in [1.54, 1.807) is 6.92 Å². The molecule has 0 aliphatic carbocycles. The molecule has 0 unspecified atom stereocenters. The Balaban J connectivity index is 1.85. The Labute approximate surface area is 169 Å². The van der Waals surface area contributed by atoms with E-state index in [1.165, 1.54) is 6.33 Å². The normalized spacial score (nSPS) is 14.1. The van der Waals surface area contributed by atoms with Crippen LogP contribution in [0.4, 0.5) is 11.5 Å². The smallest absolute Gasteiger partial charge is 0.345 e. The third-order valence-electron chi connectivity index (χ3n) is 4.74. The molecule has 1 saturated heterocycles. The van der Waals surface area contributed by atoms with E-state index in [-0.39, 0.29) is 29.1 Å². The van der Waals surface area contributed by atoms with Crippen molar-refractivity contribution in [3.8, 4) is 11.8 Å². The highest BCUT2D eigenvalue weighted by molar-refractivity contribution is 5.73. The number of ether oxygens (including phenoxy) is 1. The Morgan fingerprint density at radius 1 is 1.31 bits per heavy atom. The molecule has 1 aliphatic heterocycles. The minimum Gasteiger partial charge on any atom is -0.466 e. The van der Waals surface area contributed by atoms with Crippen molar-refractivity contribution in [3.05, 3.63) is 57.5 Å². The van der Waals surface area contributed by atoms with Crippen LogP contribution in [0.5, 0.6) is 0 Å². The monoisotopic (exact) mass is 394 g/mol. The first-order valence-corrected chi connectivity index (χ1v) is 9.49. The summed E-state index contributed by atoms with van der Waals surface area (Å²) in [5.41, 5.74) is 1.69. The number of esters is 1. The zero-order valence-corrected chi connectivity index (χ0v) is 16.4. The Kier molecular flexibility index (Phi) is 6.39. The van der Waals surface area contributed by atoms with Gasteiger partial charge in [-0.1, -0.05) is 18.1 Å². The number of hydrogen-bond donors (Lipinski definition) is 0. The lowest BCUT2D eigenvalue weighted by molar-refractivity contribution is -0.384. The first-order valence-electron chi connectivity index (χ1n) is 9.49. The molecule has 0 amide bonds. The first kappa shape index (κ1) is 20.3. The van der Waals surface area contributed by atoms with Crippen LogP contribution in [0.3, 0.4) is 0 Å². The lowest BCUT2D eigenvalue weighted by Gasteiger charge is -2.31. The van der Waals surface area contributed by atoms with Crippen molar-refractivity contribution in [2.75, 3.05) is 24.6 Å².